The average Bonchev–Trinajstić information content (AvgIpc) is 2.81. The minimum atomic E-state index is -0.358. The van der Waals surface area contributed by atoms with E-state index < -0.39 is 0 Å². The lowest BCUT2D eigenvalue weighted by molar-refractivity contribution is -0.0361. The summed E-state index contributed by atoms with van der Waals surface area (Å²) in [5.41, 5.74) is 3.02. The molecule has 34 heavy (non-hydrogen) atoms. The Labute approximate surface area is 201 Å². The Balaban J connectivity index is 1.36. The second-order valence-corrected chi connectivity index (χ2v) is 10.7. The number of ether oxygens (including phenoxy) is 2. The molecule has 1 amide bonds. The van der Waals surface area contributed by atoms with Gasteiger partial charge in [-0.25, -0.2) is 9.18 Å². The quantitative estimate of drug-likeness (QED) is 0.698. The first-order valence-corrected chi connectivity index (χ1v) is 12.1. The molecule has 7 heteroatoms. The molecule has 2 atom stereocenters. The number of hydrogen-bond acceptors (Lipinski definition) is 5. The highest BCUT2D eigenvalue weighted by atomic mass is 19.1. The Bertz CT molecular complexity index is 1080. The van der Waals surface area contributed by atoms with Gasteiger partial charge in [-0.15, -0.1) is 0 Å². The van der Waals surface area contributed by atoms with Crippen molar-refractivity contribution in [2.75, 3.05) is 45.2 Å². The first-order valence-electron chi connectivity index (χ1n) is 12.1. The number of carbonyl (C=O) groups excluding carboxylic acids is 1. The summed E-state index contributed by atoms with van der Waals surface area (Å²) in [6.07, 6.45) is 1.82. The van der Waals surface area contributed by atoms with Crippen molar-refractivity contribution in [1.82, 2.24) is 10.2 Å². The lowest BCUT2D eigenvalue weighted by Gasteiger charge is -2.44. The Morgan fingerprint density at radius 1 is 1.15 bits per heavy atom. The summed E-state index contributed by atoms with van der Waals surface area (Å²) in [7, 11) is 3.65. The standard InChI is InChI=1S/C27H34FN3O3/c1-27(2)16-33-23-14-19(18-6-8-21(28)22(13-18)30(3)4)5-7-20(23)25(27)29-26(32)34-24-15-31-11-9-17(24)10-12-31/h5-8,13-14,17,24-25H,9-12,15-16H2,1-4H3,(H,29,32)/t24-,25?/m1/s1. The van der Waals surface area contributed by atoms with E-state index in [9.17, 15) is 9.18 Å². The number of rotatable bonds is 4. The minimum Gasteiger partial charge on any atom is -0.493 e. The Hall–Kier alpha value is -2.80. The van der Waals surface area contributed by atoms with Crippen LogP contribution in [-0.2, 0) is 4.74 Å². The van der Waals surface area contributed by atoms with Crippen LogP contribution in [0.4, 0.5) is 14.9 Å². The van der Waals surface area contributed by atoms with Crippen LogP contribution in [0.1, 0.15) is 38.3 Å². The molecule has 6 nitrogen and oxygen atoms in total. The fourth-order valence-electron chi connectivity index (χ4n) is 5.49. The predicted octanol–water partition coefficient (Wildman–Crippen LogP) is 4.84. The Morgan fingerprint density at radius 3 is 2.53 bits per heavy atom. The van der Waals surface area contributed by atoms with Crippen LogP contribution in [0, 0.1) is 17.2 Å². The molecule has 2 aromatic carbocycles. The maximum absolute atomic E-state index is 14.2. The van der Waals surface area contributed by atoms with E-state index in [0.717, 1.165) is 54.9 Å². The second-order valence-electron chi connectivity index (χ2n) is 10.7. The van der Waals surface area contributed by atoms with Crippen molar-refractivity contribution in [1.29, 1.82) is 0 Å². The highest BCUT2D eigenvalue weighted by molar-refractivity contribution is 5.72. The first-order chi connectivity index (χ1) is 16.2. The van der Waals surface area contributed by atoms with Gasteiger partial charge >= 0.3 is 6.09 Å². The molecule has 2 bridgehead atoms. The van der Waals surface area contributed by atoms with E-state index in [1.54, 1.807) is 11.0 Å². The molecule has 3 fully saturated rings. The summed E-state index contributed by atoms with van der Waals surface area (Å²) < 4.78 is 26.2. The number of nitrogens with zero attached hydrogens (tertiary/aromatic N) is 2. The van der Waals surface area contributed by atoms with E-state index in [2.05, 4.69) is 24.1 Å². The molecule has 1 N–H and O–H groups in total. The summed E-state index contributed by atoms with van der Waals surface area (Å²) in [6.45, 7) is 7.71. The molecule has 0 aromatic heterocycles. The molecule has 0 radical (unpaired) electrons. The van der Waals surface area contributed by atoms with Gasteiger partial charge in [0.2, 0.25) is 0 Å². The first kappa shape index (κ1) is 23.0. The summed E-state index contributed by atoms with van der Waals surface area (Å²) in [4.78, 5) is 17.1. The summed E-state index contributed by atoms with van der Waals surface area (Å²) in [5.74, 6) is 0.951. The van der Waals surface area contributed by atoms with Crippen LogP contribution >= 0.6 is 0 Å². The topological polar surface area (TPSA) is 54.0 Å². The molecule has 182 valence electrons. The largest absolute Gasteiger partial charge is 0.493 e. The maximum atomic E-state index is 14.2. The van der Waals surface area contributed by atoms with Gasteiger partial charge < -0.3 is 19.7 Å². The predicted molar refractivity (Wildman–Crippen MR) is 131 cm³/mol. The van der Waals surface area contributed by atoms with E-state index in [1.165, 1.54) is 6.07 Å². The number of hydrogen-bond donors (Lipinski definition) is 1. The zero-order valence-corrected chi connectivity index (χ0v) is 20.4. The molecule has 4 aliphatic heterocycles. The van der Waals surface area contributed by atoms with E-state index >= 15 is 0 Å². The zero-order valence-electron chi connectivity index (χ0n) is 20.4. The summed E-state index contributed by atoms with van der Waals surface area (Å²) >= 11 is 0. The minimum absolute atomic E-state index is 0.0309. The Morgan fingerprint density at radius 2 is 1.85 bits per heavy atom. The molecule has 3 saturated heterocycles. The van der Waals surface area contributed by atoms with Gasteiger partial charge in [0.25, 0.3) is 0 Å². The van der Waals surface area contributed by atoms with Crippen LogP contribution in [0.15, 0.2) is 36.4 Å². The van der Waals surface area contributed by atoms with Crippen LogP contribution in [0.25, 0.3) is 11.1 Å². The molecular weight excluding hydrogens is 433 g/mol. The number of halogens is 1. The second kappa shape index (κ2) is 8.77. The monoisotopic (exact) mass is 467 g/mol. The number of piperidine rings is 3. The third kappa shape index (κ3) is 4.33. The molecule has 0 saturated carbocycles. The van der Waals surface area contributed by atoms with Gasteiger partial charge in [0.1, 0.15) is 17.7 Å². The number of anilines is 1. The molecule has 4 aliphatic rings. The van der Waals surface area contributed by atoms with Crippen molar-refractivity contribution in [3.8, 4) is 16.9 Å². The number of benzene rings is 2. The normalized spacial score (nSPS) is 26.9. The lowest BCUT2D eigenvalue weighted by Crippen LogP contribution is -2.53. The van der Waals surface area contributed by atoms with Crippen LogP contribution in [0.2, 0.25) is 0 Å². The third-order valence-corrected chi connectivity index (χ3v) is 7.58. The highest BCUT2D eigenvalue weighted by Crippen LogP contribution is 2.44. The van der Waals surface area contributed by atoms with Crippen molar-refractivity contribution in [2.24, 2.45) is 11.3 Å². The lowest BCUT2D eigenvalue weighted by atomic mass is 9.78. The van der Waals surface area contributed by atoms with Gasteiger partial charge in [0.15, 0.2) is 0 Å². The molecule has 1 unspecified atom stereocenters. The number of alkyl carbamates (subject to hydrolysis) is 1. The van der Waals surface area contributed by atoms with Gasteiger partial charge in [-0.05, 0) is 61.2 Å². The molecule has 4 heterocycles. The molecule has 0 aliphatic carbocycles. The van der Waals surface area contributed by atoms with Crippen molar-refractivity contribution in [2.45, 2.75) is 38.8 Å². The molecule has 2 aromatic rings. The highest BCUT2D eigenvalue weighted by Gasteiger charge is 2.41. The smallest absolute Gasteiger partial charge is 0.407 e. The van der Waals surface area contributed by atoms with Crippen molar-refractivity contribution in [3.05, 3.63) is 47.8 Å². The molecule has 6 rings (SSSR count). The van der Waals surface area contributed by atoms with Gasteiger partial charge in [-0.3, -0.25) is 4.90 Å². The van der Waals surface area contributed by atoms with Crippen LogP contribution < -0.4 is 15.0 Å². The fraction of sp³-hybridized carbons (Fsp3) is 0.519. The Kier molecular flexibility index (Phi) is 5.92. The number of amides is 1. The maximum Gasteiger partial charge on any atom is 0.407 e. The van der Waals surface area contributed by atoms with E-state index in [0.29, 0.717) is 18.2 Å². The van der Waals surface area contributed by atoms with Crippen molar-refractivity contribution in [3.63, 3.8) is 0 Å². The van der Waals surface area contributed by atoms with E-state index in [-0.39, 0.29) is 29.5 Å². The van der Waals surface area contributed by atoms with E-state index in [1.807, 2.05) is 38.4 Å². The van der Waals surface area contributed by atoms with Gasteiger partial charge in [-0.2, -0.15) is 0 Å². The van der Waals surface area contributed by atoms with Crippen molar-refractivity contribution >= 4 is 11.8 Å². The third-order valence-electron chi connectivity index (χ3n) is 7.58. The van der Waals surface area contributed by atoms with Gasteiger partial charge in [0, 0.05) is 31.6 Å². The molecular formula is C27H34FN3O3. The molecule has 0 spiro atoms. The van der Waals surface area contributed by atoms with Crippen LogP contribution in [0.5, 0.6) is 5.75 Å². The van der Waals surface area contributed by atoms with Gasteiger partial charge in [0.05, 0.1) is 18.3 Å². The SMILES string of the molecule is CN(C)c1cc(-c2ccc3c(c2)OCC(C)(C)C3NC(=O)O[C@@H]2CN3CCC2CC3)ccc1F. The van der Waals surface area contributed by atoms with Crippen LogP contribution in [0.3, 0.4) is 0 Å². The average molecular weight is 468 g/mol. The van der Waals surface area contributed by atoms with Crippen LogP contribution in [-0.4, -0.2) is 57.4 Å². The number of nitrogens with one attached hydrogen (secondary N) is 1. The fourth-order valence-corrected chi connectivity index (χ4v) is 5.49. The summed E-state index contributed by atoms with van der Waals surface area (Å²) in [6, 6.07) is 10.9. The van der Waals surface area contributed by atoms with Gasteiger partial charge in [-0.1, -0.05) is 32.0 Å². The van der Waals surface area contributed by atoms with Crippen molar-refractivity contribution < 1.29 is 18.7 Å². The van der Waals surface area contributed by atoms with E-state index in [4.69, 9.17) is 9.47 Å². The summed E-state index contributed by atoms with van der Waals surface area (Å²) in [5, 5.41) is 3.15. The zero-order chi connectivity index (χ0) is 24.0. The number of fused-ring (bicyclic) bond motifs is 4. The number of carbonyl (C=O) groups is 1.